The number of halogens is 1. The molecule has 2 amide bonds. The summed E-state index contributed by atoms with van der Waals surface area (Å²) in [4.78, 5) is 28.4. The van der Waals surface area contributed by atoms with Gasteiger partial charge in [0, 0.05) is 33.5 Å². The fraction of sp³-hybridized carbons (Fsp3) is 0.105. The number of nitrogens with zero attached hydrogens (tertiary/aromatic N) is 4. The lowest BCUT2D eigenvalue weighted by Crippen LogP contribution is -2.42. The summed E-state index contributed by atoms with van der Waals surface area (Å²) in [7, 11) is 0. The Hall–Kier alpha value is -5.71. The molecule has 8 heteroatoms. The molecular weight excluding hydrogens is 596 g/mol. The van der Waals surface area contributed by atoms with Crippen molar-refractivity contribution in [2.45, 2.75) is 27.0 Å². The molecule has 0 saturated carbocycles. The van der Waals surface area contributed by atoms with E-state index in [1.807, 2.05) is 122 Å². The molecule has 2 heterocycles. The maximum atomic E-state index is 13.9. The molecule has 5 aromatic rings. The normalized spacial score (nSPS) is 14.1. The minimum absolute atomic E-state index is 0.0503. The first kappa shape index (κ1) is 30.3. The Morgan fingerprint density at radius 3 is 2.37 bits per heavy atom. The van der Waals surface area contributed by atoms with E-state index in [4.69, 9.17) is 21.4 Å². The summed E-state index contributed by atoms with van der Waals surface area (Å²) >= 11 is 6.33. The van der Waals surface area contributed by atoms with E-state index in [2.05, 4.69) is 0 Å². The van der Waals surface area contributed by atoms with Crippen LogP contribution in [0.15, 0.2) is 126 Å². The van der Waals surface area contributed by atoms with Crippen molar-refractivity contribution in [3.05, 3.63) is 153 Å². The van der Waals surface area contributed by atoms with Crippen LogP contribution in [-0.2, 0) is 22.7 Å². The van der Waals surface area contributed by atoms with E-state index >= 15 is 0 Å². The molecule has 0 aliphatic carbocycles. The number of hydrogen-bond donors (Lipinski definition) is 0. The Morgan fingerprint density at radius 2 is 1.63 bits per heavy atom. The van der Waals surface area contributed by atoms with E-state index in [0.717, 1.165) is 32.8 Å². The minimum Gasteiger partial charge on any atom is -0.489 e. The van der Waals surface area contributed by atoms with Crippen molar-refractivity contribution in [3.8, 4) is 28.8 Å². The minimum atomic E-state index is -0.605. The van der Waals surface area contributed by atoms with Crippen LogP contribution in [0.3, 0.4) is 0 Å². The Balaban J connectivity index is 1.42. The number of benzene rings is 4. The van der Waals surface area contributed by atoms with Crippen LogP contribution in [0.4, 0.5) is 0 Å². The molecule has 0 fully saturated rings. The third-order valence-corrected chi connectivity index (χ3v) is 8.18. The lowest BCUT2D eigenvalue weighted by atomic mass is 9.93. The zero-order valence-electron chi connectivity index (χ0n) is 25.3. The molecule has 0 N–H and O–H groups in total. The van der Waals surface area contributed by atoms with Crippen molar-refractivity contribution in [1.29, 1.82) is 5.26 Å². The maximum absolute atomic E-state index is 13.9. The zero-order valence-corrected chi connectivity index (χ0v) is 26.0. The van der Waals surface area contributed by atoms with Gasteiger partial charge in [-0.15, -0.1) is 0 Å². The van der Waals surface area contributed by atoms with E-state index in [1.165, 1.54) is 0 Å². The summed E-state index contributed by atoms with van der Waals surface area (Å²) < 4.78 is 7.83. The molecule has 0 bridgehead atoms. The molecule has 0 saturated heterocycles. The second-order valence-corrected chi connectivity index (χ2v) is 11.4. The van der Waals surface area contributed by atoms with Gasteiger partial charge in [-0.1, -0.05) is 90.0 Å². The fourth-order valence-corrected chi connectivity index (χ4v) is 5.44. The third-order valence-electron chi connectivity index (χ3n) is 7.81. The van der Waals surface area contributed by atoms with Crippen molar-refractivity contribution >= 4 is 29.5 Å². The van der Waals surface area contributed by atoms with E-state index < -0.39 is 11.8 Å². The summed E-state index contributed by atoms with van der Waals surface area (Å²) in [6, 6.07) is 34.3. The second-order valence-electron chi connectivity index (χ2n) is 11.0. The highest BCUT2D eigenvalue weighted by Gasteiger charge is 2.35. The predicted octanol–water partition coefficient (Wildman–Crippen LogP) is 7.87. The van der Waals surface area contributed by atoms with E-state index in [1.54, 1.807) is 17.7 Å². The van der Waals surface area contributed by atoms with Crippen molar-refractivity contribution < 1.29 is 14.3 Å². The summed E-state index contributed by atoms with van der Waals surface area (Å²) in [5, 5.41) is 15.5. The molecule has 1 aliphatic heterocycles. The van der Waals surface area contributed by atoms with Crippen molar-refractivity contribution in [2.24, 2.45) is 0 Å². The number of ether oxygens (including phenoxy) is 1. The SMILES string of the molecule is CC1=C(C#N)C(=O)N(Cc2ccc(C)cc2)C(=O)/C1=C/c1cn(-c2ccccc2)nc1-c1cccc(OCc2ccccc2Cl)c1. The predicted molar refractivity (Wildman–Crippen MR) is 178 cm³/mol. The number of hydrogen-bond acceptors (Lipinski definition) is 5. The van der Waals surface area contributed by atoms with E-state index in [0.29, 0.717) is 34.2 Å². The van der Waals surface area contributed by atoms with Crippen LogP contribution in [0, 0.1) is 18.3 Å². The van der Waals surface area contributed by atoms with Gasteiger partial charge in [0.1, 0.15) is 29.7 Å². The number of carbonyl (C=O) groups is 2. The van der Waals surface area contributed by atoms with Gasteiger partial charge in [0.05, 0.1) is 12.2 Å². The van der Waals surface area contributed by atoms with E-state index in [-0.39, 0.29) is 17.7 Å². The standard InChI is InChI=1S/C38H29ClN4O3/c1-25-15-17-27(18-16-25)22-42-37(44)33(26(2)34(21-40)38(42)45)20-30-23-43(31-11-4-3-5-12-31)41-36(30)28-10-8-13-32(19-28)46-24-29-9-6-7-14-35(29)39/h3-20,23H,22,24H2,1-2H3/b33-20+. The molecule has 0 atom stereocenters. The fourth-order valence-electron chi connectivity index (χ4n) is 5.24. The topological polar surface area (TPSA) is 88.2 Å². The molecule has 0 spiro atoms. The molecule has 46 heavy (non-hydrogen) atoms. The van der Waals surface area contributed by atoms with Gasteiger partial charge in [-0.3, -0.25) is 14.5 Å². The van der Waals surface area contributed by atoms with Crippen LogP contribution < -0.4 is 4.74 Å². The molecular formula is C38H29ClN4O3. The first-order valence-electron chi connectivity index (χ1n) is 14.7. The first-order valence-corrected chi connectivity index (χ1v) is 15.1. The molecule has 1 aromatic heterocycles. The van der Waals surface area contributed by atoms with E-state index in [9.17, 15) is 14.9 Å². The number of rotatable bonds is 8. The summed E-state index contributed by atoms with van der Waals surface area (Å²) in [5.41, 5.74) is 6.06. The highest BCUT2D eigenvalue weighted by atomic mass is 35.5. The highest BCUT2D eigenvalue weighted by Crippen LogP contribution is 2.33. The average molecular weight is 625 g/mol. The monoisotopic (exact) mass is 624 g/mol. The van der Waals surface area contributed by atoms with Gasteiger partial charge in [0.25, 0.3) is 11.8 Å². The van der Waals surface area contributed by atoms with Crippen LogP contribution in [0.1, 0.15) is 29.2 Å². The quantitative estimate of drug-likeness (QED) is 0.129. The maximum Gasteiger partial charge on any atom is 0.271 e. The first-order chi connectivity index (χ1) is 22.3. The summed E-state index contributed by atoms with van der Waals surface area (Å²) in [6.45, 7) is 3.94. The molecule has 0 unspecified atom stereocenters. The number of aromatic nitrogens is 2. The molecule has 226 valence electrons. The Kier molecular flexibility index (Phi) is 8.64. The average Bonchev–Trinajstić information content (AvgIpc) is 3.50. The van der Waals surface area contributed by atoms with Crippen LogP contribution in [0.2, 0.25) is 5.02 Å². The van der Waals surface area contributed by atoms with Crippen LogP contribution >= 0.6 is 11.6 Å². The smallest absolute Gasteiger partial charge is 0.271 e. The Bertz CT molecular complexity index is 2050. The molecule has 6 rings (SSSR count). The largest absolute Gasteiger partial charge is 0.489 e. The summed E-state index contributed by atoms with van der Waals surface area (Å²) in [5.74, 6) is -0.458. The van der Waals surface area contributed by atoms with Crippen LogP contribution in [0.5, 0.6) is 5.75 Å². The number of imide groups is 1. The molecule has 4 aromatic carbocycles. The lowest BCUT2D eigenvalue weighted by molar-refractivity contribution is -0.141. The zero-order chi connectivity index (χ0) is 32.2. The number of aryl methyl sites for hydroxylation is 1. The van der Waals surface area contributed by atoms with Crippen molar-refractivity contribution in [1.82, 2.24) is 14.7 Å². The van der Waals surface area contributed by atoms with Crippen molar-refractivity contribution in [2.75, 3.05) is 0 Å². The van der Waals surface area contributed by atoms with Gasteiger partial charge in [-0.05, 0) is 61.4 Å². The van der Waals surface area contributed by atoms with Gasteiger partial charge in [-0.2, -0.15) is 10.4 Å². The second kappa shape index (κ2) is 13.1. The number of nitriles is 1. The molecule has 7 nitrogen and oxygen atoms in total. The van der Waals surface area contributed by atoms with Gasteiger partial charge in [-0.25, -0.2) is 4.68 Å². The molecule has 0 radical (unpaired) electrons. The van der Waals surface area contributed by atoms with Crippen molar-refractivity contribution in [3.63, 3.8) is 0 Å². The third kappa shape index (κ3) is 6.25. The summed E-state index contributed by atoms with van der Waals surface area (Å²) in [6.07, 6.45) is 3.55. The van der Waals surface area contributed by atoms with Gasteiger partial charge in [0.2, 0.25) is 0 Å². The van der Waals surface area contributed by atoms with Crippen LogP contribution in [0.25, 0.3) is 23.0 Å². The van der Waals surface area contributed by atoms with Gasteiger partial charge < -0.3 is 4.74 Å². The number of para-hydroxylation sites is 1. The molecule has 1 aliphatic rings. The highest BCUT2D eigenvalue weighted by molar-refractivity contribution is 6.31. The Morgan fingerprint density at radius 1 is 0.891 bits per heavy atom. The van der Waals surface area contributed by atoms with Gasteiger partial charge in [0.15, 0.2) is 0 Å². The Labute approximate surface area is 272 Å². The number of carbonyl (C=O) groups excluding carboxylic acids is 2. The van der Waals surface area contributed by atoms with Gasteiger partial charge >= 0.3 is 0 Å². The number of amides is 2. The van der Waals surface area contributed by atoms with Crippen LogP contribution in [-0.4, -0.2) is 26.5 Å². The lowest BCUT2D eigenvalue weighted by Gasteiger charge is -2.27.